The smallest absolute Gasteiger partial charge is 0.408 e. The fourth-order valence-corrected chi connectivity index (χ4v) is 5.96. The van der Waals surface area contributed by atoms with Crippen LogP contribution in [-0.4, -0.2) is 53.2 Å². The molecule has 2 aromatic carbocycles. The number of aliphatic carboxylic acids is 1. The molecule has 2 unspecified atom stereocenters. The molecule has 5 rings (SSSR count). The van der Waals surface area contributed by atoms with Gasteiger partial charge in [0, 0.05) is 19.0 Å². The van der Waals surface area contributed by atoms with Crippen LogP contribution in [0.25, 0.3) is 11.1 Å². The van der Waals surface area contributed by atoms with Crippen molar-refractivity contribution in [3.63, 3.8) is 0 Å². The molecule has 1 aliphatic heterocycles. The molecule has 2 atom stereocenters. The Morgan fingerprint density at radius 1 is 1.00 bits per heavy atom. The van der Waals surface area contributed by atoms with Crippen LogP contribution in [0, 0.1) is 11.8 Å². The largest absolute Gasteiger partial charge is 0.481 e. The van der Waals surface area contributed by atoms with E-state index in [0.717, 1.165) is 35.1 Å². The zero-order valence-electron chi connectivity index (χ0n) is 19.3. The molecule has 1 saturated carbocycles. The first-order chi connectivity index (χ1) is 16.4. The van der Waals surface area contributed by atoms with Crippen LogP contribution < -0.4 is 5.32 Å². The van der Waals surface area contributed by atoms with Crippen LogP contribution >= 0.6 is 0 Å². The number of carbonyl (C=O) groups excluding carboxylic acids is 2. The Bertz CT molecular complexity index is 1080. The number of likely N-dealkylation sites (tertiary alicyclic amines) is 1. The Labute approximate surface area is 199 Å². The van der Waals surface area contributed by atoms with Crippen LogP contribution in [0.2, 0.25) is 0 Å². The van der Waals surface area contributed by atoms with Crippen LogP contribution in [0.5, 0.6) is 0 Å². The maximum atomic E-state index is 13.5. The molecule has 2 fully saturated rings. The molecular weight excluding hydrogens is 432 g/mol. The highest BCUT2D eigenvalue weighted by Gasteiger charge is 2.48. The number of fused-ring (bicyclic) bond motifs is 3. The predicted molar refractivity (Wildman–Crippen MR) is 126 cm³/mol. The van der Waals surface area contributed by atoms with E-state index in [-0.39, 0.29) is 30.9 Å². The molecule has 1 saturated heterocycles. The van der Waals surface area contributed by atoms with E-state index in [9.17, 15) is 19.5 Å². The summed E-state index contributed by atoms with van der Waals surface area (Å²) in [5.41, 5.74) is 3.56. The summed E-state index contributed by atoms with van der Waals surface area (Å²) >= 11 is 0. The van der Waals surface area contributed by atoms with E-state index in [0.29, 0.717) is 19.4 Å². The standard InChI is InChI=1S/C27H30N2O5/c1-17-14-29(15-22(17)24(30)31)25(32)27(12-6-7-13-27)28-26(33)34-16-23-20-10-4-2-8-18(20)19-9-3-5-11-21(19)23/h2-5,8-11,17,22-23H,6-7,12-16H2,1H3,(H,28,33)(H,30,31). The first-order valence-corrected chi connectivity index (χ1v) is 12.0. The topological polar surface area (TPSA) is 95.9 Å². The summed E-state index contributed by atoms with van der Waals surface area (Å²) in [5.74, 6) is -1.81. The minimum atomic E-state index is -1.02. The van der Waals surface area contributed by atoms with Crippen molar-refractivity contribution in [3.8, 4) is 11.1 Å². The van der Waals surface area contributed by atoms with Crippen molar-refractivity contribution in [3.05, 3.63) is 59.7 Å². The number of alkyl carbamates (subject to hydrolysis) is 1. The van der Waals surface area contributed by atoms with Crippen molar-refractivity contribution in [1.82, 2.24) is 10.2 Å². The van der Waals surface area contributed by atoms with E-state index in [1.807, 2.05) is 31.2 Å². The minimum Gasteiger partial charge on any atom is -0.481 e. The lowest BCUT2D eigenvalue weighted by atomic mass is 9.95. The number of ether oxygens (including phenoxy) is 1. The Hall–Kier alpha value is -3.35. The molecule has 2 amide bonds. The SMILES string of the molecule is CC1CN(C(=O)C2(NC(=O)OCC3c4ccccc4-c4ccccc43)CCCC2)CC1C(=O)O. The van der Waals surface area contributed by atoms with Crippen molar-refractivity contribution in [2.24, 2.45) is 11.8 Å². The second-order valence-electron chi connectivity index (χ2n) is 9.87. The zero-order valence-corrected chi connectivity index (χ0v) is 19.3. The van der Waals surface area contributed by atoms with Gasteiger partial charge in [-0.15, -0.1) is 0 Å². The minimum absolute atomic E-state index is 0.0517. The molecule has 3 aliphatic rings. The quantitative estimate of drug-likeness (QED) is 0.700. The Kier molecular flexibility index (Phi) is 5.80. The molecule has 0 radical (unpaired) electrons. The monoisotopic (exact) mass is 462 g/mol. The summed E-state index contributed by atoms with van der Waals surface area (Å²) in [6.07, 6.45) is 2.15. The van der Waals surface area contributed by atoms with E-state index in [4.69, 9.17) is 4.74 Å². The predicted octanol–water partition coefficient (Wildman–Crippen LogP) is 4.02. The summed E-state index contributed by atoms with van der Waals surface area (Å²) in [7, 11) is 0. The summed E-state index contributed by atoms with van der Waals surface area (Å²) < 4.78 is 5.71. The number of hydrogen-bond donors (Lipinski definition) is 2. The van der Waals surface area contributed by atoms with Crippen molar-refractivity contribution in [2.45, 2.75) is 44.1 Å². The van der Waals surface area contributed by atoms with E-state index in [2.05, 4.69) is 29.6 Å². The average molecular weight is 463 g/mol. The number of nitrogens with zero attached hydrogens (tertiary/aromatic N) is 1. The Balaban J connectivity index is 1.28. The lowest BCUT2D eigenvalue weighted by molar-refractivity contribution is -0.142. The molecule has 7 heteroatoms. The van der Waals surface area contributed by atoms with Gasteiger partial charge in [-0.1, -0.05) is 68.3 Å². The molecule has 2 aromatic rings. The third-order valence-corrected chi connectivity index (χ3v) is 7.77. The molecule has 0 bridgehead atoms. The second-order valence-corrected chi connectivity index (χ2v) is 9.87. The van der Waals surface area contributed by atoms with Gasteiger partial charge in [0.15, 0.2) is 0 Å². The van der Waals surface area contributed by atoms with Crippen molar-refractivity contribution >= 4 is 18.0 Å². The molecular formula is C27H30N2O5. The summed E-state index contributed by atoms with van der Waals surface area (Å²) in [6.45, 7) is 2.62. The number of amides is 2. The molecule has 7 nitrogen and oxygen atoms in total. The first kappa shape index (κ1) is 22.4. The van der Waals surface area contributed by atoms with Gasteiger partial charge < -0.3 is 20.1 Å². The van der Waals surface area contributed by atoms with Gasteiger partial charge in [0.05, 0.1) is 5.92 Å². The summed E-state index contributed by atoms with van der Waals surface area (Å²) in [6, 6.07) is 16.3. The van der Waals surface area contributed by atoms with Crippen LogP contribution in [-0.2, 0) is 14.3 Å². The van der Waals surface area contributed by atoms with Crippen LogP contribution in [0.4, 0.5) is 4.79 Å². The lowest BCUT2D eigenvalue weighted by Crippen LogP contribution is -2.58. The molecule has 178 valence electrons. The summed E-state index contributed by atoms with van der Waals surface area (Å²) in [5, 5.41) is 12.3. The van der Waals surface area contributed by atoms with Gasteiger partial charge >= 0.3 is 12.1 Å². The van der Waals surface area contributed by atoms with Gasteiger partial charge in [-0.3, -0.25) is 9.59 Å². The maximum Gasteiger partial charge on any atom is 0.408 e. The second kappa shape index (κ2) is 8.78. The fraction of sp³-hybridized carbons (Fsp3) is 0.444. The maximum absolute atomic E-state index is 13.5. The van der Waals surface area contributed by atoms with Gasteiger partial charge in [-0.2, -0.15) is 0 Å². The van der Waals surface area contributed by atoms with Gasteiger partial charge in [0.1, 0.15) is 12.1 Å². The van der Waals surface area contributed by atoms with Crippen LogP contribution in [0.3, 0.4) is 0 Å². The fourth-order valence-electron chi connectivity index (χ4n) is 5.96. The number of hydrogen-bond acceptors (Lipinski definition) is 4. The third-order valence-electron chi connectivity index (χ3n) is 7.77. The van der Waals surface area contributed by atoms with Crippen molar-refractivity contribution in [2.75, 3.05) is 19.7 Å². The zero-order chi connectivity index (χ0) is 23.9. The molecule has 0 spiro atoms. The molecule has 0 aromatic heterocycles. The number of carbonyl (C=O) groups is 3. The van der Waals surface area contributed by atoms with E-state index in [1.165, 1.54) is 0 Å². The van der Waals surface area contributed by atoms with E-state index in [1.54, 1.807) is 4.90 Å². The van der Waals surface area contributed by atoms with E-state index < -0.39 is 23.5 Å². The van der Waals surface area contributed by atoms with Gasteiger partial charge in [-0.25, -0.2) is 4.79 Å². The first-order valence-electron chi connectivity index (χ1n) is 12.0. The van der Waals surface area contributed by atoms with E-state index >= 15 is 0 Å². The highest BCUT2D eigenvalue weighted by molar-refractivity contribution is 5.91. The van der Waals surface area contributed by atoms with Gasteiger partial charge in [0.25, 0.3) is 0 Å². The van der Waals surface area contributed by atoms with Gasteiger partial charge in [-0.05, 0) is 41.0 Å². The number of rotatable bonds is 5. The Morgan fingerprint density at radius 3 is 2.15 bits per heavy atom. The summed E-state index contributed by atoms with van der Waals surface area (Å²) in [4.78, 5) is 39.5. The molecule has 2 N–H and O–H groups in total. The van der Waals surface area contributed by atoms with Crippen LogP contribution in [0.15, 0.2) is 48.5 Å². The number of benzene rings is 2. The molecule has 1 heterocycles. The average Bonchev–Trinajstić information content (AvgIpc) is 3.54. The van der Waals surface area contributed by atoms with Crippen molar-refractivity contribution in [1.29, 1.82) is 0 Å². The van der Waals surface area contributed by atoms with Crippen molar-refractivity contribution < 1.29 is 24.2 Å². The molecule has 2 aliphatic carbocycles. The number of carboxylic acids is 1. The van der Waals surface area contributed by atoms with Crippen LogP contribution in [0.1, 0.15) is 49.7 Å². The third kappa shape index (κ3) is 3.83. The highest BCUT2D eigenvalue weighted by atomic mass is 16.5. The number of nitrogens with one attached hydrogen (secondary N) is 1. The lowest BCUT2D eigenvalue weighted by Gasteiger charge is -2.33. The normalized spacial score (nSPS) is 22.8. The van der Waals surface area contributed by atoms with Gasteiger partial charge in [0.2, 0.25) is 5.91 Å². The highest BCUT2D eigenvalue weighted by Crippen LogP contribution is 2.44. The Morgan fingerprint density at radius 2 is 1.59 bits per heavy atom. The number of carboxylic acid groups (broad SMARTS) is 1. The molecule has 34 heavy (non-hydrogen) atoms.